The van der Waals surface area contributed by atoms with Crippen molar-refractivity contribution in [3.63, 3.8) is 0 Å². The molecule has 15 heteroatoms. The van der Waals surface area contributed by atoms with Gasteiger partial charge < -0.3 is 34.8 Å². The molecule has 6 N–H and O–H groups in total. The molecule has 2 heterocycles. The van der Waals surface area contributed by atoms with Crippen LogP contribution in [0.5, 0.6) is 11.5 Å². The number of hydrogen-bond donors (Lipinski definition) is 5. The maximum absolute atomic E-state index is 13.4. The summed E-state index contributed by atoms with van der Waals surface area (Å²) in [7, 11) is -4.45. The van der Waals surface area contributed by atoms with E-state index >= 15 is 0 Å². The number of hydrogen-bond acceptors (Lipinski definition) is 12. The van der Waals surface area contributed by atoms with E-state index in [1.54, 1.807) is 36.4 Å². The number of aliphatic hydroxyl groups excluding tert-OH is 2. The Kier molecular flexibility index (Phi) is 7.35. The quantitative estimate of drug-likeness (QED) is 0.197. The molecule has 1 fully saturated rings. The van der Waals surface area contributed by atoms with E-state index in [1.807, 2.05) is 0 Å². The van der Waals surface area contributed by atoms with Gasteiger partial charge in [0.2, 0.25) is 0 Å². The van der Waals surface area contributed by atoms with Crippen LogP contribution < -0.4 is 26.0 Å². The van der Waals surface area contributed by atoms with E-state index in [0.29, 0.717) is 4.57 Å². The third-order valence-corrected chi connectivity index (χ3v) is 6.12. The molecular formula is C21H21N4O10P. The van der Waals surface area contributed by atoms with Gasteiger partial charge in [0.1, 0.15) is 35.1 Å². The molecule has 0 aliphatic carbocycles. The second-order valence-corrected chi connectivity index (χ2v) is 8.87. The van der Waals surface area contributed by atoms with Crippen molar-refractivity contribution < 1.29 is 43.1 Å². The Bertz CT molecular complexity index is 1280. The molecule has 190 valence electrons. The number of nitrogens with zero attached hydrogens (tertiary/aromatic N) is 2. The number of hydroxylamine groups is 1. The first-order valence-electron chi connectivity index (χ1n) is 10.3. The molecule has 1 saturated heterocycles. The number of carboxylic acids is 1. The summed E-state index contributed by atoms with van der Waals surface area (Å²) in [5, 5.41) is 30.1. The summed E-state index contributed by atoms with van der Waals surface area (Å²) in [4.78, 5) is 27.0. The third-order valence-electron chi connectivity index (χ3n) is 4.93. The standard InChI is InChI=1S/C21H21N4O10P/c22-17-14(20(28)29)11-25(21(30)23-17)19-16(27)15(26)18(32-19)24-35-36(31,33-12-7-3-1-4-8-12)34-13-9-5-2-6-10-13/h1-11,15-16,18-19,24,26-27H,(H,28,29)(H2,22,23,30)/t15-,16+,18-,19+/m0/s1. The van der Waals surface area contributed by atoms with Crippen molar-refractivity contribution in [2.75, 3.05) is 5.73 Å². The Labute approximate surface area is 203 Å². The van der Waals surface area contributed by atoms with Gasteiger partial charge in [-0.15, -0.1) is 0 Å². The zero-order chi connectivity index (χ0) is 25.9. The largest absolute Gasteiger partial charge is 0.604 e. The van der Waals surface area contributed by atoms with Crippen molar-refractivity contribution in [2.24, 2.45) is 0 Å². The minimum Gasteiger partial charge on any atom is -0.478 e. The predicted molar refractivity (Wildman–Crippen MR) is 122 cm³/mol. The third kappa shape index (κ3) is 5.54. The Morgan fingerprint density at radius 1 is 1.03 bits per heavy atom. The zero-order valence-corrected chi connectivity index (χ0v) is 19.2. The van der Waals surface area contributed by atoms with E-state index in [-0.39, 0.29) is 11.5 Å². The van der Waals surface area contributed by atoms with Gasteiger partial charge in [-0.2, -0.15) is 15.1 Å². The molecule has 4 rings (SSSR count). The first kappa shape index (κ1) is 25.3. The summed E-state index contributed by atoms with van der Waals surface area (Å²) in [6.45, 7) is 0. The fourth-order valence-corrected chi connectivity index (χ4v) is 4.31. The van der Waals surface area contributed by atoms with Crippen LogP contribution in [-0.4, -0.2) is 49.3 Å². The molecule has 1 aromatic heterocycles. The topological polar surface area (TPSA) is 205 Å². The van der Waals surface area contributed by atoms with E-state index in [1.165, 1.54) is 24.3 Å². The van der Waals surface area contributed by atoms with Gasteiger partial charge in [-0.3, -0.25) is 4.57 Å². The molecule has 36 heavy (non-hydrogen) atoms. The number of carbonyl (C=O) groups is 1. The average molecular weight is 520 g/mol. The number of phosphoric acid groups is 1. The van der Waals surface area contributed by atoms with E-state index in [0.717, 1.165) is 6.20 Å². The molecule has 0 unspecified atom stereocenters. The molecule has 2 aromatic carbocycles. The van der Waals surface area contributed by atoms with Crippen LogP contribution in [0.3, 0.4) is 0 Å². The van der Waals surface area contributed by atoms with Gasteiger partial charge in [0, 0.05) is 6.20 Å². The number of benzene rings is 2. The number of aromatic carboxylic acids is 1. The fraction of sp³-hybridized carbons (Fsp3) is 0.190. The smallest absolute Gasteiger partial charge is 0.478 e. The zero-order valence-electron chi connectivity index (χ0n) is 18.3. The van der Waals surface area contributed by atoms with Gasteiger partial charge in [-0.1, -0.05) is 36.4 Å². The highest BCUT2D eigenvalue weighted by molar-refractivity contribution is 7.49. The van der Waals surface area contributed by atoms with Crippen molar-refractivity contribution in [3.05, 3.63) is 82.9 Å². The summed E-state index contributed by atoms with van der Waals surface area (Å²) >= 11 is 0. The molecule has 0 radical (unpaired) electrons. The Balaban J connectivity index is 1.54. The molecule has 0 amide bonds. The highest BCUT2D eigenvalue weighted by Gasteiger charge is 2.46. The molecule has 0 bridgehead atoms. The number of carboxylic acid groups (broad SMARTS) is 1. The normalized spacial score (nSPS) is 21.7. The Hall–Kier alpha value is -3.78. The molecule has 0 spiro atoms. The summed E-state index contributed by atoms with van der Waals surface area (Å²) in [6, 6.07) is 16.0. The van der Waals surface area contributed by atoms with Gasteiger partial charge in [-0.05, 0) is 24.3 Å². The number of nitrogens with two attached hydrogens (primary N) is 1. The minimum atomic E-state index is -4.45. The van der Waals surface area contributed by atoms with Crippen molar-refractivity contribution in [1.82, 2.24) is 15.0 Å². The van der Waals surface area contributed by atoms with Crippen molar-refractivity contribution in [1.29, 1.82) is 0 Å². The van der Waals surface area contributed by atoms with Crippen molar-refractivity contribution in [3.8, 4) is 11.5 Å². The molecule has 1 aliphatic rings. The lowest BCUT2D eigenvalue weighted by Crippen LogP contribution is -2.40. The van der Waals surface area contributed by atoms with Crippen molar-refractivity contribution >= 4 is 19.6 Å². The first-order valence-corrected chi connectivity index (χ1v) is 11.8. The number of ether oxygens (including phenoxy) is 1. The summed E-state index contributed by atoms with van der Waals surface area (Å²) in [5.41, 5.74) is 6.08. The molecule has 14 nitrogen and oxygen atoms in total. The van der Waals surface area contributed by atoms with Crippen molar-refractivity contribution in [2.45, 2.75) is 24.7 Å². The van der Waals surface area contributed by atoms with E-state index in [2.05, 4.69) is 10.5 Å². The van der Waals surface area contributed by atoms with Gasteiger partial charge in [0.25, 0.3) is 0 Å². The number of para-hydroxylation sites is 2. The number of aromatic nitrogens is 2. The molecular weight excluding hydrogens is 499 g/mol. The van der Waals surface area contributed by atoms with Crippen LogP contribution in [0.15, 0.2) is 71.7 Å². The number of rotatable bonds is 9. The van der Waals surface area contributed by atoms with E-state index < -0.39 is 55.5 Å². The lowest BCUT2D eigenvalue weighted by atomic mass is 10.2. The van der Waals surface area contributed by atoms with Crippen LogP contribution in [-0.2, 0) is 13.9 Å². The Morgan fingerprint density at radius 3 is 2.11 bits per heavy atom. The van der Waals surface area contributed by atoms with Crippen LogP contribution >= 0.6 is 7.82 Å². The highest BCUT2D eigenvalue weighted by atomic mass is 31.2. The van der Waals surface area contributed by atoms with Crippen LogP contribution in [0.2, 0.25) is 0 Å². The minimum absolute atomic E-state index is 0.144. The summed E-state index contributed by atoms with van der Waals surface area (Å²) in [5.74, 6) is -1.72. The number of anilines is 1. The van der Waals surface area contributed by atoms with Crippen LogP contribution in [0.1, 0.15) is 16.6 Å². The molecule has 1 aliphatic heterocycles. The Morgan fingerprint density at radius 2 is 1.58 bits per heavy atom. The van der Waals surface area contributed by atoms with Crippen LogP contribution in [0.4, 0.5) is 5.82 Å². The fourth-order valence-electron chi connectivity index (χ4n) is 3.21. The van der Waals surface area contributed by atoms with Gasteiger partial charge >= 0.3 is 19.5 Å². The number of aliphatic hydroxyl groups is 2. The summed E-state index contributed by atoms with van der Waals surface area (Å²) < 4.78 is 35.5. The predicted octanol–water partition coefficient (Wildman–Crippen LogP) is 0.888. The SMILES string of the molecule is Nc1nc(=O)n([C@@H]2O[C@H](NOP(=O)(Oc3ccccc3)Oc3ccccc3)[C@@H](O)[C@H]2O)cc1C(=O)O. The molecule has 0 saturated carbocycles. The van der Waals surface area contributed by atoms with Gasteiger partial charge in [-0.25, -0.2) is 14.2 Å². The first-order chi connectivity index (χ1) is 17.2. The van der Waals surface area contributed by atoms with E-state index in [9.17, 15) is 29.5 Å². The number of phosphoric ester groups is 1. The second-order valence-electron chi connectivity index (χ2n) is 7.43. The lowest BCUT2D eigenvalue weighted by Gasteiger charge is -2.22. The molecule has 4 atom stereocenters. The number of nitrogens with one attached hydrogen (secondary N) is 1. The lowest BCUT2D eigenvalue weighted by molar-refractivity contribution is -0.0933. The maximum atomic E-state index is 13.4. The highest BCUT2D eigenvalue weighted by Crippen LogP contribution is 2.49. The maximum Gasteiger partial charge on any atom is 0.604 e. The average Bonchev–Trinajstić information content (AvgIpc) is 3.12. The monoisotopic (exact) mass is 520 g/mol. The van der Waals surface area contributed by atoms with E-state index in [4.69, 9.17) is 24.1 Å². The van der Waals surface area contributed by atoms with Gasteiger partial charge in [0.05, 0.1) is 0 Å². The van der Waals surface area contributed by atoms with Crippen LogP contribution in [0, 0.1) is 0 Å². The van der Waals surface area contributed by atoms with Gasteiger partial charge in [0.15, 0.2) is 12.5 Å². The van der Waals surface area contributed by atoms with Crippen LogP contribution in [0.25, 0.3) is 0 Å². The second kappa shape index (κ2) is 10.5. The summed E-state index contributed by atoms with van der Waals surface area (Å²) in [6.07, 6.45) is -5.81. The molecule has 3 aromatic rings. The number of nitrogen functional groups attached to an aromatic ring is 1.